The van der Waals surface area contributed by atoms with Crippen LogP contribution in [-0.2, 0) is 6.18 Å². The fraction of sp³-hybridized carbons (Fsp3) is 0.167. The number of aryl methyl sites for hydroxylation is 1. The van der Waals surface area contributed by atoms with Crippen molar-refractivity contribution in [2.75, 3.05) is 0 Å². The number of hydrogen-bond acceptors (Lipinski definition) is 4. The van der Waals surface area contributed by atoms with Crippen molar-refractivity contribution in [2.24, 2.45) is 0 Å². The van der Waals surface area contributed by atoms with Gasteiger partial charge < -0.3 is 9.73 Å². The van der Waals surface area contributed by atoms with Crippen LogP contribution in [0.5, 0.6) is 0 Å². The van der Waals surface area contributed by atoms with Crippen LogP contribution < -0.4 is 5.32 Å². The summed E-state index contributed by atoms with van der Waals surface area (Å²) in [4.78, 5) is 20.2. The largest absolute Gasteiger partial charge is 0.438 e. The SMILES string of the molecule is Cc1ncoc1C(=O)NC(c1ccc(C(F)(F)F)cc1)c1ncccc1F. The number of pyridine rings is 1. The average molecular weight is 379 g/mol. The Bertz CT molecular complexity index is 952. The van der Waals surface area contributed by atoms with Crippen LogP contribution in [0.25, 0.3) is 0 Å². The average Bonchev–Trinajstić information content (AvgIpc) is 3.06. The third-order valence-electron chi connectivity index (χ3n) is 3.86. The number of carbonyl (C=O) groups is 1. The molecule has 27 heavy (non-hydrogen) atoms. The van der Waals surface area contributed by atoms with E-state index >= 15 is 0 Å². The van der Waals surface area contributed by atoms with Crippen molar-refractivity contribution < 1.29 is 26.8 Å². The summed E-state index contributed by atoms with van der Waals surface area (Å²) in [5.74, 6) is -1.49. The standard InChI is InChI=1S/C18H13F4N3O2/c1-10-16(27-9-24-10)17(26)25-14(15-13(19)3-2-8-23-15)11-4-6-12(7-5-11)18(20,21)22/h2-9,14H,1H3,(H,25,26). The molecule has 140 valence electrons. The molecule has 9 heteroatoms. The highest BCUT2D eigenvalue weighted by Crippen LogP contribution is 2.31. The van der Waals surface area contributed by atoms with E-state index in [4.69, 9.17) is 4.42 Å². The zero-order chi connectivity index (χ0) is 19.6. The second-order valence-corrected chi connectivity index (χ2v) is 5.66. The number of amides is 1. The lowest BCUT2D eigenvalue weighted by molar-refractivity contribution is -0.137. The van der Waals surface area contributed by atoms with E-state index in [2.05, 4.69) is 15.3 Å². The predicted octanol–water partition coefficient (Wildman–Crippen LogP) is 4.06. The molecular formula is C18H13F4N3O2. The van der Waals surface area contributed by atoms with Crippen molar-refractivity contribution in [1.29, 1.82) is 0 Å². The van der Waals surface area contributed by atoms with Crippen molar-refractivity contribution in [3.05, 3.63) is 83.1 Å². The van der Waals surface area contributed by atoms with Gasteiger partial charge >= 0.3 is 6.18 Å². The maximum atomic E-state index is 14.2. The molecule has 0 fully saturated rings. The zero-order valence-corrected chi connectivity index (χ0v) is 13.9. The van der Waals surface area contributed by atoms with Gasteiger partial charge in [0.05, 0.1) is 17.3 Å². The molecule has 0 bridgehead atoms. The Kier molecular flexibility index (Phi) is 4.93. The van der Waals surface area contributed by atoms with Crippen LogP contribution in [0.3, 0.4) is 0 Å². The second-order valence-electron chi connectivity index (χ2n) is 5.66. The van der Waals surface area contributed by atoms with Gasteiger partial charge in [-0.3, -0.25) is 9.78 Å². The lowest BCUT2D eigenvalue weighted by atomic mass is 10.0. The number of benzene rings is 1. The maximum Gasteiger partial charge on any atom is 0.416 e. The molecule has 0 aliphatic heterocycles. The molecule has 0 aliphatic carbocycles. The molecule has 0 saturated heterocycles. The van der Waals surface area contributed by atoms with Crippen molar-refractivity contribution in [3.63, 3.8) is 0 Å². The number of halogens is 4. The van der Waals surface area contributed by atoms with Gasteiger partial charge in [-0.15, -0.1) is 0 Å². The molecule has 2 heterocycles. The molecule has 3 rings (SSSR count). The summed E-state index contributed by atoms with van der Waals surface area (Å²) in [7, 11) is 0. The zero-order valence-electron chi connectivity index (χ0n) is 13.9. The summed E-state index contributed by atoms with van der Waals surface area (Å²) < 4.78 is 57.6. The second kappa shape index (κ2) is 7.18. The van der Waals surface area contributed by atoms with Crippen LogP contribution in [0, 0.1) is 12.7 Å². The number of aromatic nitrogens is 2. The highest BCUT2D eigenvalue weighted by molar-refractivity contribution is 5.92. The predicted molar refractivity (Wildman–Crippen MR) is 86.2 cm³/mol. The molecule has 1 atom stereocenters. The minimum absolute atomic E-state index is 0.0803. The molecule has 1 unspecified atom stereocenters. The monoisotopic (exact) mass is 379 g/mol. The first kappa shape index (κ1) is 18.6. The summed E-state index contributed by atoms with van der Waals surface area (Å²) in [6, 6.07) is 5.43. The molecule has 2 aromatic heterocycles. The molecule has 0 radical (unpaired) electrons. The van der Waals surface area contributed by atoms with Crippen LogP contribution in [-0.4, -0.2) is 15.9 Å². The molecule has 0 aliphatic rings. The van der Waals surface area contributed by atoms with Crippen molar-refractivity contribution in [1.82, 2.24) is 15.3 Å². The van der Waals surface area contributed by atoms with Gasteiger partial charge in [0, 0.05) is 6.20 Å². The fourth-order valence-electron chi connectivity index (χ4n) is 2.50. The van der Waals surface area contributed by atoms with Crippen molar-refractivity contribution in [2.45, 2.75) is 19.1 Å². The first-order chi connectivity index (χ1) is 12.8. The lowest BCUT2D eigenvalue weighted by Crippen LogP contribution is -2.31. The fourth-order valence-corrected chi connectivity index (χ4v) is 2.50. The number of alkyl halides is 3. The number of rotatable bonds is 4. The summed E-state index contributed by atoms with van der Waals surface area (Å²) in [5.41, 5.74) is -0.446. The van der Waals surface area contributed by atoms with E-state index in [1.54, 1.807) is 6.92 Å². The van der Waals surface area contributed by atoms with E-state index in [1.807, 2.05) is 0 Å². The Morgan fingerprint density at radius 3 is 2.41 bits per heavy atom. The summed E-state index contributed by atoms with van der Waals surface area (Å²) in [6.07, 6.45) is -2.11. The normalized spacial score (nSPS) is 12.6. The van der Waals surface area contributed by atoms with E-state index < -0.39 is 29.5 Å². The summed E-state index contributed by atoms with van der Waals surface area (Å²) >= 11 is 0. The quantitative estimate of drug-likeness (QED) is 0.695. The Morgan fingerprint density at radius 1 is 1.15 bits per heavy atom. The van der Waals surface area contributed by atoms with Crippen LogP contribution >= 0.6 is 0 Å². The molecular weight excluding hydrogens is 366 g/mol. The van der Waals surface area contributed by atoms with Gasteiger partial charge in [0.1, 0.15) is 11.5 Å². The minimum Gasteiger partial charge on any atom is -0.438 e. The van der Waals surface area contributed by atoms with Gasteiger partial charge in [0.15, 0.2) is 6.39 Å². The topological polar surface area (TPSA) is 68.0 Å². The Morgan fingerprint density at radius 2 is 1.85 bits per heavy atom. The first-order valence-corrected chi connectivity index (χ1v) is 7.76. The van der Waals surface area contributed by atoms with Gasteiger partial charge in [0.25, 0.3) is 5.91 Å². The van der Waals surface area contributed by atoms with Crippen molar-refractivity contribution in [3.8, 4) is 0 Å². The van der Waals surface area contributed by atoms with E-state index in [0.717, 1.165) is 36.7 Å². The van der Waals surface area contributed by atoms with Gasteiger partial charge in [-0.05, 0) is 36.8 Å². The smallest absolute Gasteiger partial charge is 0.416 e. The molecule has 3 aromatic rings. The lowest BCUT2D eigenvalue weighted by Gasteiger charge is -2.19. The first-order valence-electron chi connectivity index (χ1n) is 7.76. The highest BCUT2D eigenvalue weighted by atomic mass is 19.4. The number of hydrogen-bond donors (Lipinski definition) is 1. The Labute approximate surface area is 151 Å². The van der Waals surface area contributed by atoms with E-state index in [1.165, 1.54) is 12.3 Å². The molecule has 0 saturated carbocycles. The van der Waals surface area contributed by atoms with Gasteiger partial charge in [-0.2, -0.15) is 13.2 Å². The molecule has 5 nitrogen and oxygen atoms in total. The highest BCUT2D eigenvalue weighted by Gasteiger charge is 2.31. The van der Waals surface area contributed by atoms with Crippen LogP contribution in [0.1, 0.15) is 39.1 Å². The van der Waals surface area contributed by atoms with E-state index in [9.17, 15) is 22.4 Å². The van der Waals surface area contributed by atoms with Gasteiger partial charge in [-0.1, -0.05) is 12.1 Å². The summed E-state index contributed by atoms with van der Waals surface area (Å²) in [6.45, 7) is 1.55. The molecule has 1 aromatic carbocycles. The third-order valence-corrected chi connectivity index (χ3v) is 3.86. The number of carbonyl (C=O) groups excluding carboxylic acids is 1. The number of nitrogens with one attached hydrogen (secondary N) is 1. The van der Waals surface area contributed by atoms with Crippen LogP contribution in [0.2, 0.25) is 0 Å². The third kappa shape index (κ3) is 3.97. The number of nitrogens with zero attached hydrogens (tertiary/aromatic N) is 2. The summed E-state index contributed by atoms with van der Waals surface area (Å²) in [5, 5.41) is 2.54. The van der Waals surface area contributed by atoms with Gasteiger partial charge in [0.2, 0.25) is 5.76 Å². The molecule has 1 amide bonds. The minimum atomic E-state index is -4.51. The molecule has 1 N–H and O–H groups in total. The van der Waals surface area contributed by atoms with Crippen LogP contribution in [0.15, 0.2) is 53.4 Å². The number of oxazole rings is 1. The van der Waals surface area contributed by atoms with Crippen molar-refractivity contribution >= 4 is 5.91 Å². The maximum absolute atomic E-state index is 14.2. The Balaban J connectivity index is 1.99. The van der Waals surface area contributed by atoms with Gasteiger partial charge in [-0.25, -0.2) is 9.37 Å². The van der Waals surface area contributed by atoms with E-state index in [0.29, 0.717) is 5.69 Å². The Hall–Kier alpha value is -3.23. The van der Waals surface area contributed by atoms with E-state index in [-0.39, 0.29) is 17.0 Å². The molecule has 0 spiro atoms. The van der Waals surface area contributed by atoms with Crippen LogP contribution in [0.4, 0.5) is 17.6 Å².